The lowest BCUT2D eigenvalue weighted by molar-refractivity contribution is 0.552. The summed E-state index contributed by atoms with van der Waals surface area (Å²) in [6.07, 6.45) is 1.62. The Morgan fingerprint density at radius 3 is 2.46 bits per heavy atom. The molecule has 0 atom stereocenters. The molecule has 0 amide bonds. The van der Waals surface area contributed by atoms with Crippen molar-refractivity contribution in [3.8, 4) is 11.4 Å². The van der Waals surface area contributed by atoms with Gasteiger partial charge in [0.1, 0.15) is 17.3 Å². The van der Waals surface area contributed by atoms with Crippen molar-refractivity contribution < 1.29 is 4.39 Å². The van der Waals surface area contributed by atoms with E-state index in [1.807, 2.05) is 12.1 Å². The number of nitrogens with zero attached hydrogens (tertiary/aromatic N) is 3. The van der Waals surface area contributed by atoms with E-state index in [-0.39, 0.29) is 11.2 Å². The highest BCUT2D eigenvalue weighted by atomic mass is 19.1. The molecule has 0 bridgehead atoms. The predicted octanol–water partition coefficient (Wildman–Crippen LogP) is 2.98. The van der Waals surface area contributed by atoms with Gasteiger partial charge in [-0.1, -0.05) is 26.0 Å². The molecule has 2 aromatic heterocycles. The van der Waals surface area contributed by atoms with E-state index >= 15 is 0 Å². The van der Waals surface area contributed by atoms with Crippen LogP contribution in [0.4, 0.5) is 16.2 Å². The van der Waals surface area contributed by atoms with Crippen molar-refractivity contribution in [1.82, 2.24) is 20.2 Å². The summed E-state index contributed by atoms with van der Waals surface area (Å²) in [4.78, 5) is 6.84. The van der Waals surface area contributed by atoms with E-state index in [0.29, 0.717) is 24.0 Å². The molecule has 0 saturated carbocycles. The van der Waals surface area contributed by atoms with Crippen LogP contribution in [0.5, 0.6) is 0 Å². The van der Waals surface area contributed by atoms with Crippen LogP contribution < -0.4 is 11.1 Å². The molecule has 0 fully saturated rings. The number of imidazole rings is 1. The minimum absolute atomic E-state index is 0.175. The van der Waals surface area contributed by atoms with Crippen molar-refractivity contribution in [3.05, 3.63) is 54.0 Å². The van der Waals surface area contributed by atoms with Crippen molar-refractivity contribution in [1.29, 1.82) is 0 Å². The van der Waals surface area contributed by atoms with Gasteiger partial charge in [0.25, 0.3) is 0 Å². The summed E-state index contributed by atoms with van der Waals surface area (Å²) in [6, 6.07) is 10.2. The molecule has 6 nitrogen and oxygen atoms in total. The van der Waals surface area contributed by atoms with Gasteiger partial charge >= 0.3 is 0 Å². The van der Waals surface area contributed by atoms with E-state index in [9.17, 15) is 4.39 Å². The van der Waals surface area contributed by atoms with Crippen molar-refractivity contribution in [2.24, 2.45) is 0 Å². The monoisotopic (exact) mass is 326 g/mol. The minimum Gasteiger partial charge on any atom is -0.369 e. The van der Waals surface area contributed by atoms with E-state index in [2.05, 4.69) is 39.3 Å². The largest absolute Gasteiger partial charge is 0.369 e. The molecule has 0 aliphatic heterocycles. The Kier molecular flexibility index (Phi) is 4.16. The Morgan fingerprint density at radius 2 is 1.88 bits per heavy atom. The molecule has 0 saturated heterocycles. The standard InChI is InChI=1S/C17H19FN6/c1-17(2,11-3-5-12(18)6-4-11)10-21-15-8-7-13(23-24-15)14-9-20-16(19)22-14/h3-9H,10H2,1-2H3,(H,21,24)(H3,19,20,22). The van der Waals surface area contributed by atoms with Crippen LogP contribution in [0.3, 0.4) is 0 Å². The predicted molar refractivity (Wildman–Crippen MR) is 91.9 cm³/mol. The zero-order valence-electron chi connectivity index (χ0n) is 13.5. The maximum Gasteiger partial charge on any atom is 0.197 e. The van der Waals surface area contributed by atoms with E-state index in [0.717, 1.165) is 11.3 Å². The second-order valence-corrected chi connectivity index (χ2v) is 6.23. The molecule has 0 aliphatic rings. The molecule has 0 aliphatic carbocycles. The number of anilines is 2. The first kappa shape index (κ1) is 15.9. The number of hydrogen-bond donors (Lipinski definition) is 3. The van der Waals surface area contributed by atoms with Crippen molar-refractivity contribution in [2.75, 3.05) is 17.6 Å². The average Bonchev–Trinajstić information content (AvgIpc) is 3.00. The Bertz CT molecular complexity index is 808. The van der Waals surface area contributed by atoms with Gasteiger partial charge in [-0.2, -0.15) is 0 Å². The summed E-state index contributed by atoms with van der Waals surface area (Å²) >= 11 is 0. The summed E-state index contributed by atoms with van der Waals surface area (Å²) in [5.74, 6) is 0.778. The number of hydrogen-bond acceptors (Lipinski definition) is 5. The van der Waals surface area contributed by atoms with Crippen LogP contribution in [0.2, 0.25) is 0 Å². The van der Waals surface area contributed by atoms with Crippen LogP contribution in [0, 0.1) is 5.82 Å². The molecule has 0 unspecified atom stereocenters. The van der Waals surface area contributed by atoms with Crippen LogP contribution >= 0.6 is 0 Å². The molecule has 2 heterocycles. The average molecular weight is 326 g/mol. The smallest absolute Gasteiger partial charge is 0.197 e. The quantitative estimate of drug-likeness (QED) is 0.670. The Labute approximate surface area is 139 Å². The van der Waals surface area contributed by atoms with Crippen molar-refractivity contribution >= 4 is 11.8 Å². The van der Waals surface area contributed by atoms with Gasteiger partial charge in [-0.05, 0) is 29.8 Å². The number of halogens is 1. The number of benzene rings is 1. The highest BCUT2D eigenvalue weighted by molar-refractivity contribution is 5.55. The second kappa shape index (κ2) is 6.27. The normalized spacial score (nSPS) is 11.5. The third-order valence-electron chi connectivity index (χ3n) is 3.87. The van der Waals surface area contributed by atoms with Crippen LogP contribution in [0.15, 0.2) is 42.6 Å². The molecule has 7 heteroatoms. The van der Waals surface area contributed by atoms with Crippen LogP contribution in [-0.2, 0) is 5.41 Å². The van der Waals surface area contributed by atoms with Crippen LogP contribution in [0.1, 0.15) is 19.4 Å². The van der Waals surface area contributed by atoms with E-state index < -0.39 is 0 Å². The number of aromatic amines is 1. The molecule has 0 spiro atoms. The topological polar surface area (TPSA) is 92.5 Å². The van der Waals surface area contributed by atoms with E-state index in [1.54, 1.807) is 18.3 Å². The fraction of sp³-hybridized carbons (Fsp3) is 0.235. The van der Waals surface area contributed by atoms with Gasteiger partial charge in [-0.15, -0.1) is 10.2 Å². The Balaban J connectivity index is 1.67. The van der Waals surface area contributed by atoms with Crippen LogP contribution in [0.25, 0.3) is 11.4 Å². The summed E-state index contributed by atoms with van der Waals surface area (Å²) in [5, 5.41) is 11.6. The molecule has 3 aromatic rings. The lowest BCUT2D eigenvalue weighted by atomic mass is 9.84. The lowest BCUT2D eigenvalue weighted by Crippen LogP contribution is -2.28. The molecule has 4 N–H and O–H groups in total. The molecule has 3 rings (SSSR count). The van der Waals surface area contributed by atoms with Crippen molar-refractivity contribution in [2.45, 2.75) is 19.3 Å². The fourth-order valence-corrected chi connectivity index (χ4v) is 2.35. The Hall–Kier alpha value is -2.96. The molecule has 24 heavy (non-hydrogen) atoms. The fourth-order valence-electron chi connectivity index (χ4n) is 2.35. The Morgan fingerprint density at radius 1 is 1.12 bits per heavy atom. The van der Waals surface area contributed by atoms with Gasteiger partial charge in [-0.25, -0.2) is 9.37 Å². The zero-order chi connectivity index (χ0) is 17.2. The molecule has 1 aromatic carbocycles. The lowest BCUT2D eigenvalue weighted by Gasteiger charge is -2.25. The molecule has 0 radical (unpaired) electrons. The van der Waals surface area contributed by atoms with Gasteiger partial charge in [0.05, 0.1) is 11.9 Å². The molecular weight excluding hydrogens is 307 g/mol. The maximum absolute atomic E-state index is 13.1. The van der Waals surface area contributed by atoms with Gasteiger partial charge in [0, 0.05) is 12.0 Å². The number of H-pyrrole nitrogens is 1. The highest BCUT2D eigenvalue weighted by Crippen LogP contribution is 2.24. The summed E-state index contributed by atoms with van der Waals surface area (Å²) in [5.41, 5.74) is 7.82. The van der Waals surface area contributed by atoms with Crippen LogP contribution in [-0.4, -0.2) is 26.7 Å². The number of nitrogen functional groups attached to an aromatic ring is 1. The first-order chi connectivity index (χ1) is 11.4. The van der Waals surface area contributed by atoms with Crippen molar-refractivity contribution in [3.63, 3.8) is 0 Å². The van der Waals surface area contributed by atoms with Gasteiger partial charge in [0.2, 0.25) is 0 Å². The number of rotatable bonds is 5. The summed E-state index contributed by atoms with van der Waals surface area (Å²) in [7, 11) is 0. The first-order valence-electron chi connectivity index (χ1n) is 7.58. The molecular formula is C17H19FN6. The highest BCUT2D eigenvalue weighted by Gasteiger charge is 2.20. The third kappa shape index (κ3) is 3.51. The third-order valence-corrected chi connectivity index (χ3v) is 3.87. The first-order valence-corrected chi connectivity index (χ1v) is 7.58. The van der Waals surface area contributed by atoms with Gasteiger partial charge in [-0.3, -0.25) is 0 Å². The zero-order valence-corrected chi connectivity index (χ0v) is 13.5. The number of aromatic nitrogens is 4. The number of nitrogens with two attached hydrogens (primary N) is 1. The summed E-state index contributed by atoms with van der Waals surface area (Å²) < 4.78 is 13.1. The van der Waals surface area contributed by atoms with Gasteiger partial charge in [0.15, 0.2) is 5.95 Å². The van der Waals surface area contributed by atoms with E-state index in [1.165, 1.54) is 12.1 Å². The molecule has 124 valence electrons. The van der Waals surface area contributed by atoms with E-state index in [4.69, 9.17) is 5.73 Å². The van der Waals surface area contributed by atoms with Gasteiger partial charge < -0.3 is 16.0 Å². The minimum atomic E-state index is -0.233. The summed E-state index contributed by atoms with van der Waals surface area (Å²) in [6.45, 7) is 4.81. The maximum atomic E-state index is 13.1. The number of nitrogens with one attached hydrogen (secondary N) is 2. The second-order valence-electron chi connectivity index (χ2n) is 6.23. The SMILES string of the molecule is CC(C)(CNc1ccc(-c2cnc(N)[nH]2)nn1)c1ccc(F)cc1.